The largest absolute Gasteiger partial charge is 0.368 e. The number of para-hydroxylation sites is 1. The van der Waals surface area contributed by atoms with Gasteiger partial charge < -0.3 is 10.2 Å². The van der Waals surface area contributed by atoms with Crippen molar-refractivity contribution in [2.75, 3.05) is 11.9 Å². The Bertz CT molecular complexity index is 570. The van der Waals surface area contributed by atoms with Gasteiger partial charge in [-0.1, -0.05) is 26.0 Å². The maximum absolute atomic E-state index is 14.2. The highest BCUT2D eigenvalue weighted by Gasteiger charge is 2.13. The third kappa shape index (κ3) is 4.26. The first-order chi connectivity index (χ1) is 10.1. The van der Waals surface area contributed by atoms with Gasteiger partial charge in [-0.2, -0.15) is 0 Å². The number of hydrogen-bond donors (Lipinski definition) is 1. The summed E-state index contributed by atoms with van der Waals surface area (Å²) in [6.07, 6.45) is 3.51. The third-order valence-corrected chi connectivity index (χ3v) is 3.32. The van der Waals surface area contributed by atoms with E-state index in [-0.39, 0.29) is 5.82 Å². The molecule has 2 rings (SSSR count). The molecule has 0 aliphatic rings. The lowest BCUT2D eigenvalue weighted by Crippen LogP contribution is -2.25. The van der Waals surface area contributed by atoms with Gasteiger partial charge in [0.1, 0.15) is 5.82 Å². The van der Waals surface area contributed by atoms with Crippen molar-refractivity contribution >= 4 is 5.69 Å². The van der Waals surface area contributed by atoms with Crippen LogP contribution in [0.5, 0.6) is 0 Å². The minimum absolute atomic E-state index is 0.186. The lowest BCUT2D eigenvalue weighted by Gasteiger charge is -2.24. The van der Waals surface area contributed by atoms with Gasteiger partial charge in [-0.3, -0.25) is 4.98 Å². The van der Waals surface area contributed by atoms with Crippen LogP contribution in [0.25, 0.3) is 0 Å². The second-order valence-electron chi connectivity index (χ2n) is 5.49. The summed E-state index contributed by atoms with van der Waals surface area (Å²) in [5.74, 6) is -0.186. The highest BCUT2D eigenvalue weighted by atomic mass is 19.1. The molecule has 0 aliphatic heterocycles. The fourth-order valence-corrected chi connectivity index (χ4v) is 2.29. The van der Waals surface area contributed by atoms with E-state index < -0.39 is 0 Å². The normalized spacial score (nSPS) is 10.9. The number of aromatic nitrogens is 1. The Kier molecular flexibility index (Phi) is 5.28. The zero-order chi connectivity index (χ0) is 15.2. The van der Waals surface area contributed by atoms with E-state index in [2.05, 4.69) is 24.1 Å². The standard InChI is InChI=1S/C17H22FN3/c1-13(2)20-11-15-5-4-6-16(18)17(15)21(3)12-14-7-9-19-10-8-14/h4-10,13,20H,11-12H2,1-3H3. The van der Waals surface area contributed by atoms with Gasteiger partial charge in [0.25, 0.3) is 0 Å². The zero-order valence-electron chi connectivity index (χ0n) is 12.8. The van der Waals surface area contributed by atoms with Crippen LogP contribution in [0.1, 0.15) is 25.0 Å². The SMILES string of the molecule is CC(C)NCc1cccc(F)c1N(C)Cc1ccncc1. The topological polar surface area (TPSA) is 28.2 Å². The lowest BCUT2D eigenvalue weighted by atomic mass is 10.1. The van der Waals surface area contributed by atoms with Crippen molar-refractivity contribution in [3.63, 3.8) is 0 Å². The van der Waals surface area contributed by atoms with Crippen molar-refractivity contribution in [2.24, 2.45) is 0 Å². The fourth-order valence-electron chi connectivity index (χ4n) is 2.29. The van der Waals surface area contributed by atoms with Crippen molar-refractivity contribution in [1.29, 1.82) is 0 Å². The summed E-state index contributed by atoms with van der Waals surface area (Å²) in [7, 11) is 1.91. The van der Waals surface area contributed by atoms with Crippen LogP contribution in [0.15, 0.2) is 42.7 Å². The molecule has 4 heteroatoms. The van der Waals surface area contributed by atoms with Gasteiger partial charge in [0.05, 0.1) is 5.69 Å². The van der Waals surface area contributed by atoms with Crippen molar-refractivity contribution in [2.45, 2.75) is 33.0 Å². The summed E-state index contributed by atoms with van der Waals surface area (Å²) < 4.78 is 14.2. The van der Waals surface area contributed by atoms with Crippen molar-refractivity contribution in [1.82, 2.24) is 10.3 Å². The monoisotopic (exact) mass is 287 g/mol. The van der Waals surface area contributed by atoms with Crippen LogP contribution in [-0.2, 0) is 13.1 Å². The Morgan fingerprint density at radius 3 is 2.57 bits per heavy atom. The lowest BCUT2D eigenvalue weighted by molar-refractivity contribution is 0.579. The number of anilines is 1. The summed E-state index contributed by atoms with van der Waals surface area (Å²) in [5, 5.41) is 3.34. The molecule has 112 valence electrons. The Hall–Kier alpha value is -1.94. The van der Waals surface area contributed by atoms with E-state index in [9.17, 15) is 4.39 Å². The Morgan fingerprint density at radius 1 is 1.19 bits per heavy atom. The van der Waals surface area contributed by atoms with Crippen molar-refractivity contribution in [3.8, 4) is 0 Å². The Balaban J connectivity index is 2.20. The molecule has 0 fully saturated rings. The number of benzene rings is 1. The van der Waals surface area contributed by atoms with Crippen LogP contribution < -0.4 is 10.2 Å². The molecule has 0 radical (unpaired) electrons. The predicted molar refractivity (Wildman–Crippen MR) is 84.7 cm³/mol. The number of nitrogens with zero attached hydrogens (tertiary/aromatic N) is 2. The minimum atomic E-state index is -0.186. The van der Waals surface area contributed by atoms with Crippen molar-refractivity contribution < 1.29 is 4.39 Å². The van der Waals surface area contributed by atoms with E-state index in [0.717, 1.165) is 11.1 Å². The van der Waals surface area contributed by atoms with E-state index in [1.165, 1.54) is 6.07 Å². The van der Waals surface area contributed by atoms with Crippen LogP contribution in [-0.4, -0.2) is 18.1 Å². The molecule has 0 amide bonds. The molecule has 1 aromatic carbocycles. The first-order valence-electron chi connectivity index (χ1n) is 7.18. The van der Waals surface area contributed by atoms with Gasteiger partial charge in [0.15, 0.2) is 0 Å². The van der Waals surface area contributed by atoms with Gasteiger partial charge in [-0.15, -0.1) is 0 Å². The zero-order valence-corrected chi connectivity index (χ0v) is 12.8. The molecule has 0 saturated carbocycles. The van der Waals surface area contributed by atoms with Gasteiger partial charge in [0.2, 0.25) is 0 Å². The van der Waals surface area contributed by atoms with Gasteiger partial charge in [-0.05, 0) is 29.3 Å². The molecule has 0 spiro atoms. The quantitative estimate of drug-likeness (QED) is 0.883. The molecule has 0 saturated heterocycles. The van der Waals surface area contributed by atoms with Crippen LogP contribution in [0.4, 0.5) is 10.1 Å². The van der Waals surface area contributed by atoms with E-state index in [4.69, 9.17) is 0 Å². The number of hydrogen-bond acceptors (Lipinski definition) is 3. The highest BCUT2D eigenvalue weighted by Crippen LogP contribution is 2.25. The molecule has 0 unspecified atom stereocenters. The minimum Gasteiger partial charge on any atom is -0.368 e. The van der Waals surface area contributed by atoms with E-state index in [1.54, 1.807) is 18.5 Å². The molecular weight excluding hydrogens is 265 g/mol. The van der Waals surface area contributed by atoms with E-state index in [0.29, 0.717) is 24.8 Å². The number of nitrogens with one attached hydrogen (secondary N) is 1. The highest BCUT2D eigenvalue weighted by molar-refractivity contribution is 5.54. The average molecular weight is 287 g/mol. The summed E-state index contributed by atoms with van der Waals surface area (Å²) in [6, 6.07) is 9.50. The average Bonchev–Trinajstić information content (AvgIpc) is 2.46. The smallest absolute Gasteiger partial charge is 0.146 e. The Morgan fingerprint density at radius 2 is 1.90 bits per heavy atom. The number of rotatable bonds is 6. The molecule has 3 nitrogen and oxygen atoms in total. The molecule has 1 heterocycles. The fraction of sp³-hybridized carbons (Fsp3) is 0.353. The molecule has 1 N–H and O–H groups in total. The summed E-state index contributed by atoms with van der Waals surface area (Å²) in [4.78, 5) is 5.95. The molecule has 0 aliphatic carbocycles. The van der Waals surface area contributed by atoms with E-state index >= 15 is 0 Å². The van der Waals surface area contributed by atoms with Crippen molar-refractivity contribution in [3.05, 3.63) is 59.7 Å². The molecule has 1 aromatic heterocycles. The number of halogens is 1. The summed E-state index contributed by atoms with van der Waals surface area (Å²) in [5.41, 5.74) is 2.74. The van der Waals surface area contributed by atoms with Crippen LogP contribution in [0, 0.1) is 5.82 Å². The van der Waals surface area contributed by atoms with Gasteiger partial charge in [-0.25, -0.2) is 4.39 Å². The van der Waals surface area contributed by atoms with Crippen LogP contribution in [0.3, 0.4) is 0 Å². The third-order valence-electron chi connectivity index (χ3n) is 3.32. The van der Waals surface area contributed by atoms with Crippen LogP contribution >= 0.6 is 0 Å². The summed E-state index contributed by atoms with van der Waals surface area (Å²) >= 11 is 0. The molecule has 21 heavy (non-hydrogen) atoms. The Labute approximate surface area is 125 Å². The first kappa shape index (κ1) is 15.4. The van der Waals surface area contributed by atoms with Crippen LogP contribution in [0.2, 0.25) is 0 Å². The number of pyridine rings is 1. The molecule has 2 aromatic rings. The maximum atomic E-state index is 14.2. The van der Waals surface area contributed by atoms with Gasteiger partial charge >= 0.3 is 0 Å². The van der Waals surface area contributed by atoms with E-state index in [1.807, 2.05) is 30.1 Å². The molecular formula is C17H22FN3. The molecule has 0 atom stereocenters. The first-order valence-corrected chi connectivity index (χ1v) is 7.18. The second-order valence-corrected chi connectivity index (χ2v) is 5.49. The second kappa shape index (κ2) is 7.18. The van der Waals surface area contributed by atoms with Gasteiger partial charge in [0, 0.05) is 38.6 Å². The molecule has 0 bridgehead atoms. The maximum Gasteiger partial charge on any atom is 0.146 e. The predicted octanol–water partition coefficient (Wildman–Crippen LogP) is 3.36. The summed E-state index contributed by atoms with van der Waals surface area (Å²) in [6.45, 7) is 5.48.